The number of aliphatic imine (C=N–C) groups is 1. The molecule has 0 saturated carbocycles. The van der Waals surface area contributed by atoms with Gasteiger partial charge in [-0.2, -0.15) is 13.2 Å². The zero-order valence-corrected chi connectivity index (χ0v) is 28.1. The monoisotopic (exact) mass is 679 g/mol. The van der Waals surface area contributed by atoms with Crippen LogP contribution >= 0.6 is 0 Å². The van der Waals surface area contributed by atoms with Gasteiger partial charge in [0.15, 0.2) is 5.54 Å². The lowest BCUT2D eigenvalue weighted by atomic mass is 9.82. The average Bonchev–Trinajstić information content (AvgIpc) is 3.40. The van der Waals surface area contributed by atoms with E-state index in [0.29, 0.717) is 42.2 Å². The molecule has 49 heavy (non-hydrogen) atoms. The van der Waals surface area contributed by atoms with Crippen molar-refractivity contribution in [2.24, 2.45) is 4.99 Å². The van der Waals surface area contributed by atoms with Crippen LogP contribution in [0.4, 0.5) is 22.0 Å². The molecule has 0 aliphatic carbocycles. The van der Waals surface area contributed by atoms with Crippen molar-refractivity contribution in [1.29, 1.82) is 0 Å². The summed E-state index contributed by atoms with van der Waals surface area (Å²) in [4.78, 5) is 23.3. The summed E-state index contributed by atoms with van der Waals surface area (Å²) in [6.07, 6.45) is 0.347. The summed E-state index contributed by atoms with van der Waals surface area (Å²) in [6.45, 7) is 13.9. The molecule has 1 unspecified atom stereocenters. The van der Waals surface area contributed by atoms with Crippen LogP contribution in [0.3, 0.4) is 0 Å². The molecule has 0 radical (unpaired) electrons. The summed E-state index contributed by atoms with van der Waals surface area (Å²) in [7, 11) is 1.55. The van der Waals surface area contributed by atoms with Gasteiger partial charge in [-0.25, -0.2) is 13.8 Å². The van der Waals surface area contributed by atoms with Gasteiger partial charge in [0.1, 0.15) is 23.2 Å². The lowest BCUT2D eigenvalue weighted by Gasteiger charge is -2.33. The van der Waals surface area contributed by atoms with Crippen LogP contribution in [0.1, 0.15) is 61.3 Å². The molecule has 0 spiro atoms. The number of methoxy groups -OCH3 is 1. The first kappa shape index (κ1) is 37.3. The number of benzene rings is 3. The Morgan fingerprint density at radius 1 is 0.939 bits per heavy atom. The number of amidine groups is 1. The van der Waals surface area contributed by atoms with Crippen LogP contribution in [0, 0.1) is 5.82 Å². The largest absolute Gasteiger partial charge is 0.497 e. The maximum atomic E-state index is 14.5. The Morgan fingerprint density at radius 3 is 2.10 bits per heavy atom. The SMILES string of the molecule is C=C(F)/C=C\C(=C)C1(c2ccc(F)cc2)N=C(c2ccc(OC)cc2)N(CCCN2CCC(c3ccc(C(F)(F)F)cc3)CC2)C1=O.CC. The lowest BCUT2D eigenvalue weighted by Crippen LogP contribution is -2.43. The molecule has 3 aromatic carbocycles. The van der Waals surface area contributed by atoms with E-state index in [9.17, 15) is 26.7 Å². The van der Waals surface area contributed by atoms with Crippen molar-refractivity contribution in [3.63, 3.8) is 0 Å². The number of hydrogen-bond acceptors (Lipinski definition) is 4. The molecule has 5 rings (SSSR count). The fourth-order valence-corrected chi connectivity index (χ4v) is 6.20. The first-order chi connectivity index (χ1) is 23.4. The molecule has 0 bridgehead atoms. The minimum absolute atomic E-state index is 0.179. The number of allylic oxidation sites excluding steroid dienone is 2. The molecular weight excluding hydrogens is 637 g/mol. The predicted octanol–water partition coefficient (Wildman–Crippen LogP) is 9.23. The molecule has 1 atom stereocenters. The third-order valence-electron chi connectivity index (χ3n) is 8.78. The Bertz CT molecular complexity index is 1660. The zero-order chi connectivity index (χ0) is 35.8. The van der Waals surface area contributed by atoms with Crippen LogP contribution in [0.5, 0.6) is 5.75 Å². The van der Waals surface area contributed by atoms with Crippen LogP contribution in [0.15, 0.2) is 114 Å². The van der Waals surface area contributed by atoms with Crippen molar-refractivity contribution < 1.29 is 31.5 Å². The average molecular weight is 680 g/mol. The van der Waals surface area contributed by atoms with E-state index in [-0.39, 0.29) is 11.5 Å². The smallest absolute Gasteiger partial charge is 0.416 e. The fourth-order valence-electron chi connectivity index (χ4n) is 6.20. The van der Waals surface area contributed by atoms with Crippen LogP contribution in [0.2, 0.25) is 0 Å². The van der Waals surface area contributed by atoms with Gasteiger partial charge in [0, 0.05) is 12.1 Å². The van der Waals surface area contributed by atoms with Gasteiger partial charge in [0.2, 0.25) is 0 Å². The number of ether oxygens (including phenoxy) is 1. The first-order valence-corrected chi connectivity index (χ1v) is 16.4. The second kappa shape index (κ2) is 16.2. The van der Waals surface area contributed by atoms with Crippen LogP contribution < -0.4 is 4.74 Å². The summed E-state index contributed by atoms with van der Waals surface area (Å²) in [5.74, 6) is -0.386. The molecule has 0 N–H and O–H groups in total. The minimum Gasteiger partial charge on any atom is -0.497 e. The van der Waals surface area contributed by atoms with E-state index in [1.165, 1.54) is 30.3 Å². The Morgan fingerprint density at radius 2 is 1.55 bits per heavy atom. The molecule has 5 nitrogen and oxygen atoms in total. The van der Waals surface area contributed by atoms with Gasteiger partial charge in [0.25, 0.3) is 5.91 Å². The number of carbonyl (C=O) groups is 1. The second-order valence-electron chi connectivity index (χ2n) is 11.7. The first-order valence-electron chi connectivity index (χ1n) is 16.4. The Labute approximate surface area is 285 Å². The Kier molecular flexibility index (Phi) is 12.3. The Balaban J connectivity index is 0.00000265. The molecule has 0 aromatic heterocycles. The molecule has 3 aromatic rings. The topological polar surface area (TPSA) is 45.1 Å². The number of likely N-dealkylation sites (tertiary alicyclic amines) is 1. The fraction of sp³-hybridized carbons (Fsp3) is 0.333. The number of alkyl halides is 3. The molecule has 2 aliphatic heterocycles. The van der Waals surface area contributed by atoms with Crippen molar-refractivity contribution in [2.45, 2.75) is 50.7 Å². The highest BCUT2D eigenvalue weighted by Gasteiger charge is 2.51. The summed E-state index contributed by atoms with van der Waals surface area (Å²) < 4.78 is 71.9. The molecule has 260 valence electrons. The molecule has 2 heterocycles. The Hall–Kier alpha value is -4.57. The highest BCUT2D eigenvalue weighted by atomic mass is 19.4. The van der Waals surface area contributed by atoms with Crippen molar-refractivity contribution >= 4 is 11.7 Å². The molecule has 2 aliphatic rings. The molecule has 10 heteroatoms. The van der Waals surface area contributed by atoms with Crippen molar-refractivity contribution in [3.05, 3.63) is 138 Å². The number of halogens is 5. The van der Waals surface area contributed by atoms with Gasteiger partial charge in [-0.1, -0.05) is 57.3 Å². The highest BCUT2D eigenvalue weighted by Crippen LogP contribution is 2.42. The highest BCUT2D eigenvalue weighted by molar-refractivity contribution is 6.16. The van der Waals surface area contributed by atoms with E-state index < -0.39 is 34.8 Å². The standard InChI is InChI=1S/C37H36F5N3O2.C2H6/c1-25(5-6-26(2)38)36(30-13-15-32(39)16-14-30)35(46)45(34(43-36)29-9-17-33(47-3)18-10-29)22-4-21-44-23-19-28(20-24-44)27-7-11-31(12-8-27)37(40,41)42;1-2/h5-18,28H,1-2,4,19-24H2,3H3;1-2H3/b6-5-;. The number of rotatable bonds is 11. The maximum Gasteiger partial charge on any atom is 0.416 e. The van der Waals surface area contributed by atoms with Crippen molar-refractivity contribution in [2.75, 3.05) is 33.3 Å². The maximum absolute atomic E-state index is 14.5. The number of hydrogen-bond donors (Lipinski definition) is 0. The van der Waals surface area contributed by atoms with E-state index in [0.717, 1.165) is 49.7 Å². The van der Waals surface area contributed by atoms with Crippen LogP contribution in [-0.4, -0.2) is 54.8 Å². The summed E-state index contributed by atoms with van der Waals surface area (Å²) in [6, 6.07) is 18.0. The second-order valence-corrected chi connectivity index (χ2v) is 11.7. The zero-order valence-electron chi connectivity index (χ0n) is 28.1. The molecular formula is C39H42F5N3O2. The number of carbonyl (C=O) groups excluding carboxylic acids is 1. The predicted molar refractivity (Wildman–Crippen MR) is 184 cm³/mol. The number of amides is 1. The number of nitrogens with zero attached hydrogens (tertiary/aromatic N) is 3. The summed E-state index contributed by atoms with van der Waals surface area (Å²) >= 11 is 0. The van der Waals surface area contributed by atoms with Crippen LogP contribution in [0.25, 0.3) is 0 Å². The van der Waals surface area contributed by atoms with Crippen molar-refractivity contribution in [3.8, 4) is 5.75 Å². The quantitative estimate of drug-likeness (QED) is 0.150. The van der Waals surface area contributed by atoms with Crippen LogP contribution in [-0.2, 0) is 16.5 Å². The van der Waals surface area contributed by atoms with E-state index in [1.807, 2.05) is 13.8 Å². The van der Waals surface area contributed by atoms with Gasteiger partial charge in [0.05, 0.1) is 12.7 Å². The minimum atomic E-state index is -4.36. The van der Waals surface area contributed by atoms with Gasteiger partial charge in [-0.15, -0.1) is 0 Å². The van der Waals surface area contributed by atoms with Gasteiger partial charge in [-0.3, -0.25) is 9.69 Å². The number of piperidine rings is 1. The molecule has 1 fully saturated rings. The van der Waals surface area contributed by atoms with Gasteiger partial charge >= 0.3 is 6.18 Å². The lowest BCUT2D eigenvalue weighted by molar-refractivity contribution is -0.137. The third kappa shape index (κ3) is 8.54. The van der Waals surface area contributed by atoms with Crippen molar-refractivity contribution in [1.82, 2.24) is 9.80 Å². The third-order valence-corrected chi connectivity index (χ3v) is 8.78. The van der Waals surface area contributed by atoms with E-state index in [1.54, 1.807) is 48.4 Å². The normalized spacial score (nSPS) is 18.7. The van der Waals surface area contributed by atoms with Gasteiger partial charge in [-0.05, 0) is 116 Å². The summed E-state index contributed by atoms with van der Waals surface area (Å²) in [5, 5.41) is 0. The van der Waals surface area contributed by atoms with E-state index >= 15 is 0 Å². The van der Waals surface area contributed by atoms with Gasteiger partial charge < -0.3 is 9.64 Å². The van der Waals surface area contributed by atoms with E-state index in [2.05, 4.69) is 18.1 Å². The van der Waals surface area contributed by atoms with E-state index in [4.69, 9.17) is 9.73 Å². The molecule has 1 amide bonds. The summed E-state index contributed by atoms with van der Waals surface area (Å²) in [5.41, 5.74) is -0.151. The molecule has 1 saturated heterocycles.